The highest BCUT2D eigenvalue weighted by Gasteiger charge is 2.24. The summed E-state index contributed by atoms with van der Waals surface area (Å²) >= 11 is 0. The van der Waals surface area contributed by atoms with Gasteiger partial charge in [-0.3, -0.25) is 4.90 Å². The van der Waals surface area contributed by atoms with E-state index in [1.165, 1.54) is 12.8 Å². The third-order valence-electron chi connectivity index (χ3n) is 3.66. The maximum Gasteiger partial charge on any atom is 0.109 e. The first-order chi connectivity index (χ1) is 7.65. The van der Waals surface area contributed by atoms with Crippen molar-refractivity contribution in [2.24, 2.45) is 11.8 Å². The SMILES string of the molecule is CCOCCC(O)N1CCC(C(C)C)CC1. The van der Waals surface area contributed by atoms with Crippen molar-refractivity contribution in [2.75, 3.05) is 26.3 Å². The van der Waals surface area contributed by atoms with Crippen LogP contribution in [-0.4, -0.2) is 42.5 Å². The lowest BCUT2D eigenvalue weighted by atomic mass is 9.86. The van der Waals surface area contributed by atoms with Crippen molar-refractivity contribution >= 4 is 0 Å². The highest BCUT2D eigenvalue weighted by Crippen LogP contribution is 2.25. The molecule has 3 heteroatoms. The van der Waals surface area contributed by atoms with Gasteiger partial charge in [0.25, 0.3) is 0 Å². The first kappa shape index (κ1) is 13.9. The molecule has 0 bridgehead atoms. The first-order valence-corrected chi connectivity index (χ1v) is 6.65. The standard InChI is InChI=1S/C13H27NO2/c1-4-16-10-7-13(15)14-8-5-12(6-9-14)11(2)3/h11-13,15H,4-10H2,1-3H3. The summed E-state index contributed by atoms with van der Waals surface area (Å²) in [6.07, 6.45) is 2.88. The maximum absolute atomic E-state index is 9.97. The van der Waals surface area contributed by atoms with Gasteiger partial charge in [0.2, 0.25) is 0 Å². The van der Waals surface area contributed by atoms with Crippen LogP contribution in [0.4, 0.5) is 0 Å². The number of rotatable bonds is 6. The van der Waals surface area contributed by atoms with E-state index in [0.717, 1.165) is 38.0 Å². The summed E-state index contributed by atoms with van der Waals surface area (Å²) in [4.78, 5) is 2.19. The zero-order valence-corrected chi connectivity index (χ0v) is 11.0. The Morgan fingerprint density at radius 3 is 2.44 bits per heavy atom. The predicted molar refractivity (Wildman–Crippen MR) is 66.3 cm³/mol. The van der Waals surface area contributed by atoms with Gasteiger partial charge < -0.3 is 9.84 Å². The van der Waals surface area contributed by atoms with Crippen LogP contribution < -0.4 is 0 Å². The van der Waals surface area contributed by atoms with Gasteiger partial charge in [-0.15, -0.1) is 0 Å². The van der Waals surface area contributed by atoms with Crippen LogP contribution in [0.2, 0.25) is 0 Å². The third kappa shape index (κ3) is 4.40. The normalized spacial score (nSPS) is 21.6. The quantitative estimate of drug-likeness (QED) is 0.708. The molecule has 0 aromatic carbocycles. The van der Waals surface area contributed by atoms with Gasteiger partial charge in [0.1, 0.15) is 6.23 Å². The molecule has 1 rings (SSSR count). The molecule has 0 aromatic rings. The van der Waals surface area contributed by atoms with Crippen LogP contribution in [0, 0.1) is 11.8 Å². The number of hydrogen-bond donors (Lipinski definition) is 1. The van der Waals surface area contributed by atoms with E-state index in [1.807, 2.05) is 6.92 Å². The molecule has 96 valence electrons. The molecule has 1 atom stereocenters. The van der Waals surface area contributed by atoms with Gasteiger partial charge in [-0.1, -0.05) is 13.8 Å². The molecular weight excluding hydrogens is 202 g/mol. The molecule has 0 aliphatic carbocycles. The van der Waals surface area contributed by atoms with Crippen molar-refractivity contribution in [3.05, 3.63) is 0 Å². The zero-order valence-electron chi connectivity index (χ0n) is 11.0. The molecule has 1 unspecified atom stereocenters. The van der Waals surface area contributed by atoms with Crippen LogP contribution in [0.3, 0.4) is 0 Å². The fourth-order valence-corrected chi connectivity index (χ4v) is 2.40. The average molecular weight is 229 g/mol. The summed E-state index contributed by atoms with van der Waals surface area (Å²) < 4.78 is 5.27. The van der Waals surface area contributed by atoms with E-state index >= 15 is 0 Å². The van der Waals surface area contributed by atoms with E-state index in [-0.39, 0.29) is 6.23 Å². The number of aliphatic hydroxyl groups is 1. The van der Waals surface area contributed by atoms with Crippen LogP contribution in [0.25, 0.3) is 0 Å². The predicted octanol–water partition coefficient (Wildman–Crippen LogP) is 2.10. The number of ether oxygens (including phenoxy) is 1. The maximum atomic E-state index is 9.97. The van der Waals surface area contributed by atoms with Gasteiger partial charge in [0.05, 0.1) is 6.61 Å². The lowest BCUT2D eigenvalue weighted by Crippen LogP contribution is -2.42. The van der Waals surface area contributed by atoms with Crippen molar-refractivity contribution in [1.29, 1.82) is 0 Å². The van der Waals surface area contributed by atoms with E-state index in [1.54, 1.807) is 0 Å². The Kier molecular flexibility index (Phi) is 6.32. The lowest BCUT2D eigenvalue weighted by molar-refractivity contribution is -0.0401. The zero-order chi connectivity index (χ0) is 12.0. The summed E-state index contributed by atoms with van der Waals surface area (Å²) in [6, 6.07) is 0. The highest BCUT2D eigenvalue weighted by molar-refractivity contribution is 4.75. The van der Waals surface area contributed by atoms with Gasteiger partial charge >= 0.3 is 0 Å². The number of likely N-dealkylation sites (tertiary alicyclic amines) is 1. The summed E-state index contributed by atoms with van der Waals surface area (Å²) in [5, 5.41) is 9.97. The smallest absolute Gasteiger partial charge is 0.109 e. The van der Waals surface area contributed by atoms with Crippen LogP contribution in [0.1, 0.15) is 40.0 Å². The molecule has 0 amide bonds. The highest BCUT2D eigenvalue weighted by atomic mass is 16.5. The molecule has 1 N–H and O–H groups in total. The van der Waals surface area contributed by atoms with Crippen LogP contribution >= 0.6 is 0 Å². The largest absolute Gasteiger partial charge is 0.382 e. The van der Waals surface area contributed by atoms with Gasteiger partial charge in [0.15, 0.2) is 0 Å². The van der Waals surface area contributed by atoms with E-state index in [9.17, 15) is 5.11 Å². The van der Waals surface area contributed by atoms with E-state index in [2.05, 4.69) is 18.7 Å². The fraction of sp³-hybridized carbons (Fsp3) is 1.00. The molecular formula is C13H27NO2. The monoisotopic (exact) mass is 229 g/mol. The third-order valence-corrected chi connectivity index (χ3v) is 3.66. The van der Waals surface area contributed by atoms with Crippen LogP contribution in [0.15, 0.2) is 0 Å². The Labute approximate surface area is 99.8 Å². The van der Waals surface area contributed by atoms with E-state index < -0.39 is 0 Å². The van der Waals surface area contributed by atoms with Gasteiger partial charge in [0, 0.05) is 26.1 Å². The van der Waals surface area contributed by atoms with Crippen LogP contribution in [0.5, 0.6) is 0 Å². The molecule has 0 radical (unpaired) electrons. The van der Waals surface area contributed by atoms with Crippen molar-refractivity contribution in [3.63, 3.8) is 0 Å². The van der Waals surface area contributed by atoms with Crippen molar-refractivity contribution < 1.29 is 9.84 Å². The number of hydrogen-bond acceptors (Lipinski definition) is 3. The molecule has 1 saturated heterocycles. The fourth-order valence-electron chi connectivity index (χ4n) is 2.40. The van der Waals surface area contributed by atoms with E-state index in [0.29, 0.717) is 6.61 Å². The molecule has 0 spiro atoms. The van der Waals surface area contributed by atoms with Gasteiger partial charge in [-0.05, 0) is 31.6 Å². The molecule has 16 heavy (non-hydrogen) atoms. The average Bonchev–Trinajstić information content (AvgIpc) is 2.29. The first-order valence-electron chi connectivity index (χ1n) is 6.65. The molecule has 1 aliphatic heterocycles. The molecule has 1 fully saturated rings. The molecule has 0 aromatic heterocycles. The van der Waals surface area contributed by atoms with Crippen molar-refractivity contribution in [2.45, 2.75) is 46.3 Å². The second kappa shape index (κ2) is 7.25. The Morgan fingerprint density at radius 2 is 1.94 bits per heavy atom. The molecule has 1 heterocycles. The minimum absolute atomic E-state index is 0.306. The Bertz CT molecular complexity index is 177. The minimum Gasteiger partial charge on any atom is -0.382 e. The second-order valence-electron chi connectivity index (χ2n) is 5.08. The Balaban J connectivity index is 2.19. The molecule has 1 aliphatic rings. The Hall–Kier alpha value is -0.120. The lowest BCUT2D eigenvalue weighted by Gasteiger charge is -2.36. The van der Waals surface area contributed by atoms with Crippen molar-refractivity contribution in [1.82, 2.24) is 4.90 Å². The number of nitrogens with zero attached hydrogens (tertiary/aromatic N) is 1. The van der Waals surface area contributed by atoms with E-state index in [4.69, 9.17) is 4.74 Å². The van der Waals surface area contributed by atoms with Gasteiger partial charge in [-0.2, -0.15) is 0 Å². The molecule has 0 saturated carbocycles. The Morgan fingerprint density at radius 1 is 1.31 bits per heavy atom. The summed E-state index contributed by atoms with van der Waals surface area (Å²) in [6.45, 7) is 10.1. The van der Waals surface area contributed by atoms with Crippen molar-refractivity contribution in [3.8, 4) is 0 Å². The molecule has 3 nitrogen and oxygen atoms in total. The topological polar surface area (TPSA) is 32.7 Å². The minimum atomic E-state index is -0.306. The summed E-state index contributed by atoms with van der Waals surface area (Å²) in [5.74, 6) is 1.62. The number of piperidine rings is 1. The van der Waals surface area contributed by atoms with Gasteiger partial charge in [-0.25, -0.2) is 0 Å². The number of aliphatic hydroxyl groups excluding tert-OH is 1. The summed E-state index contributed by atoms with van der Waals surface area (Å²) in [5.41, 5.74) is 0. The summed E-state index contributed by atoms with van der Waals surface area (Å²) in [7, 11) is 0. The second-order valence-corrected chi connectivity index (χ2v) is 5.08. The van der Waals surface area contributed by atoms with Crippen LogP contribution in [-0.2, 0) is 4.74 Å².